The molecule has 4 nitrogen and oxygen atoms in total. The lowest BCUT2D eigenvalue weighted by Crippen LogP contribution is -2.31. The molecule has 1 fully saturated rings. The van der Waals surface area contributed by atoms with E-state index in [1.54, 1.807) is 0 Å². The predicted octanol–water partition coefficient (Wildman–Crippen LogP) is 2.13. The number of aliphatic hydroxyl groups is 1. The molecule has 1 aromatic carbocycles. The average Bonchev–Trinajstić information content (AvgIpc) is 2.97. The minimum atomic E-state index is 0.242. The molecular weight excluding hydrogens is 298 g/mol. The number of likely N-dealkylation sites (tertiary alicyclic amines) is 1. The van der Waals surface area contributed by atoms with Crippen LogP contribution in [0, 0.1) is 0 Å². The second kappa shape index (κ2) is 5.07. The topological polar surface area (TPSA) is 41.9 Å². The van der Waals surface area contributed by atoms with Crippen molar-refractivity contribution in [3.63, 3.8) is 0 Å². The molecule has 1 atom stereocenters. The molecule has 1 saturated heterocycles. The van der Waals surface area contributed by atoms with Gasteiger partial charge in [0.25, 0.3) is 0 Å². The Morgan fingerprint density at radius 1 is 1.39 bits per heavy atom. The van der Waals surface area contributed by atoms with E-state index in [0.717, 1.165) is 41.9 Å². The highest BCUT2D eigenvalue weighted by Crippen LogP contribution is 2.40. The van der Waals surface area contributed by atoms with Crippen molar-refractivity contribution < 1.29 is 14.6 Å². The Balaban J connectivity index is 1.79. The molecule has 0 unspecified atom stereocenters. The summed E-state index contributed by atoms with van der Waals surface area (Å²) in [4.78, 5) is 2.32. The highest BCUT2D eigenvalue weighted by atomic mass is 79.9. The minimum Gasteiger partial charge on any atom is -0.454 e. The van der Waals surface area contributed by atoms with Gasteiger partial charge in [-0.15, -0.1) is 0 Å². The van der Waals surface area contributed by atoms with Gasteiger partial charge in [-0.05, 0) is 53.0 Å². The molecule has 0 amide bonds. The van der Waals surface area contributed by atoms with Crippen LogP contribution in [0.1, 0.15) is 18.4 Å². The summed E-state index contributed by atoms with van der Waals surface area (Å²) in [5, 5.41) is 9.33. The number of rotatable bonds is 3. The number of halogens is 1. The molecule has 98 valence electrons. The standard InChI is InChI=1S/C13H16BrNO3/c14-11-4-9(5-12-13(11)18-8-17-12)6-15-3-1-2-10(15)7-16/h4-5,10,16H,1-3,6-8H2/t10-/m1/s1. The van der Waals surface area contributed by atoms with E-state index in [9.17, 15) is 5.11 Å². The van der Waals surface area contributed by atoms with E-state index in [1.807, 2.05) is 6.07 Å². The van der Waals surface area contributed by atoms with Crippen LogP contribution in [0.2, 0.25) is 0 Å². The molecule has 0 aromatic heterocycles. The normalized spacial score (nSPS) is 22.7. The zero-order valence-corrected chi connectivity index (χ0v) is 11.6. The molecule has 1 aromatic rings. The van der Waals surface area contributed by atoms with Gasteiger partial charge in [-0.3, -0.25) is 4.90 Å². The van der Waals surface area contributed by atoms with Crippen LogP contribution in [0.3, 0.4) is 0 Å². The van der Waals surface area contributed by atoms with E-state index in [1.165, 1.54) is 5.56 Å². The first-order valence-electron chi connectivity index (χ1n) is 6.21. The summed E-state index contributed by atoms with van der Waals surface area (Å²) in [5.41, 5.74) is 1.19. The monoisotopic (exact) mass is 313 g/mol. The first-order valence-corrected chi connectivity index (χ1v) is 7.00. The van der Waals surface area contributed by atoms with E-state index >= 15 is 0 Å². The van der Waals surface area contributed by atoms with E-state index in [4.69, 9.17) is 9.47 Å². The Labute approximate surface area is 115 Å². The second-order valence-corrected chi connectivity index (χ2v) is 5.61. The molecule has 2 heterocycles. The summed E-state index contributed by atoms with van der Waals surface area (Å²) in [6.45, 7) is 2.43. The molecule has 3 rings (SSSR count). The van der Waals surface area contributed by atoms with E-state index in [0.29, 0.717) is 12.8 Å². The lowest BCUT2D eigenvalue weighted by atomic mass is 10.1. The molecule has 0 saturated carbocycles. The maximum absolute atomic E-state index is 9.33. The first-order chi connectivity index (χ1) is 8.78. The van der Waals surface area contributed by atoms with Crippen LogP contribution in [-0.2, 0) is 6.54 Å². The van der Waals surface area contributed by atoms with Gasteiger partial charge >= 0.3 is 0 Å². The summed E-state index contributed by atoms with van der Waals surface area (Å²) >= 11 is 3.51. The second-order valence-electron chi connectivity index (χ2n) is 4.76. The third-order valence-corrected chi connectivity index (χ3v) is 4.17. The average molecular weight is 314 g/mol. The van der Waals surface area contributed by atoms with Gasteiger partial charge in [0.2, 0.25) is 6.79 Å². The fourth-order valence-electron chi connectivity index (χ4n) is 2.66. The van der Waals surface area contributed by atoms with E-state index < -0.39 is 0 Å². The third-order valence-electron chi connectivity index (χ3n) is 3.58. The summed E-state index contributed by atoms with van der Waals surface area (Å²) in [5.74, 6) is 1.60. The van der Waals surface area contributed by atoms with Gasteiger partial charge in [-0.1, -0.05) is 0 Å². The fraction of sp³-hybridized carbons (Fsp3) is 0.538. The van der Waals surface area contributed by atoms with Gasteiger partial charge in [0.1, 0.15) is 0 Å². The van der Waals surface area contributed by atoms with Crippen molar-refractivity contribution >= 4 is 15.9 Å². The quantitative estimate of drug-likeness (QED) is 0.928. The van der Waals surface area contributed by atoms with Gasteiger partial charge < -0.3 is 14.6 Å². The van der Waals surface area contributed by atoms with Crippen LogP contribution in [0.25, 0.3) is 0 Å². The van der Waals surface area contributed by atoms with Crippen molar-refractivity contribution in [2.24, 2.45) is 0 Å². The van der Waals surface area contributed by atoms with E-state index in [2.05, 4.69) is 26.9 Å². The first kappa shape index (κ1) is 12.3. The summed E-state index contributed by atoms with van der Waals surface area (Å²) in [6, 6.07) is 4.40. The Morgan fingerprint density at radius 3 is 3.11 bits per heavy atom. The zero-order chi connectivity index (χ0) is 12.5. The molecule has 0 bridgehead atoms. The van der Waals surface area contributed by atoms with Crippen LogP contribution in [0.15, 0.2) is 16.6 Å². The molecule has 2 aliphatic heterocycles. The Kier molecular flexibility index (Phi) is 3.46. The zero-order valence-electron chi connectivity index (χ0n) is 10.1. The van der Waals surface area contributed by atoms with Crippen molar-refractivity contribution in [3.8, 4) is 11.5 Å². The molecular formula is C13H16BrNO3. The molecule has 0 aliphatic carbocycles. The molecule has 2 aliphatic rings. The van der Waals surface area contributed by atoms with Crippen molar-refractivity contribution in [1.29, 1.82) is 0 Å². The summed E-state index contributed by atoms with van der Waals surface area (Å²) in [7, 11) is 0. The lowest BCUT2D eigenvalue weighted by Gasteiger charge is -2.22. The Bertz CT molecular complexity index is 452. The number of hydrogen-bond acceptors (Lipinski definition) is 4. The Morgan fingerprint density at radius 2 is 2.28 bits per heavy atom. The van der Waals surface area contributed by atoms with Crippen molar-refractivity contribution in [1.82, 2.24) is 4.90 Å². The number of fused-ring (bicyclic) bond motifs is 1. The largest absolute Gasteiger partial charge is 0.454 e. The number of hydrogen-bond donors (Lipinski definition) is 1. The molecule has 18 heavy (non-hydrogen) atoms. The van der Waals surface area contributed by atoms with Gasteiger partial charge in [0.05, 0.1) is 11.1 Å². The van der Waals surface area contributed by atoms with Gasteiger partial charge in [0, 0.05) is 12.6 Å². The van der Waals surface area contributed by atoms with Gasteiger partial charge in [0.15, 0.2) is 11.5 Å². The van der Waals surface area contributed by atoms with Crippen LogP contribution in [0.5, 0.6) is 11.5 Å². The lowest BCUT2D eigenvalue weighted by molar-refractivity contribution is 0.153. The molecule has 5 heteroatoms. The highest BCUT2D eigenvalue weighted by molar-refractivity contribution is 9.10. The van der Waals surface area contributed by atoms with E-state index in [-0.39, 0.29) is 6.61 Å². The number of ether oxygens (including phenoxy) is 2. The summed E-state index contributed by atoms with van der Waals surface area (Å²) in [6.07, 6.45) is 2.25. The molecule has 0 spiro atoms. The number of aliphatic hydroxyl groups excluding tert-OH is 1. The molecule has 0 radical (unpaired) electrons. The molecule has 1 N–H and O–H groups in total. The maximum atomic E-state index is 9.33. The fourth-order valence-corrected chi connectivity index (χ4v) is 3.26. The van der Waals surface area contributed by atoms with Crippen LogP contribution < -0.4 is 9.47 Å². The smallest absolute Gasteiger partial charge is 0.231 e. The summed E-state index contributed by atoms with van der Waals surface area (Å²) < 4.78 is 11.7. The minimum absolute atomic E-state index is 0.242. The third kappa shape index (κ3) is 2.22. The number of nitrogens with zero attached hydrogens (tertiary/aromatic N) is 1. The van der Waals surface area contributed by atoms with Crippen molar-refractivity contribution in [2.75, 3.05) is 19.9 Å². The van der Waals surface area contributed by atoms with Crippen molar-refractivity contribution in [2.45, 2.75) is 25.4 Å². The van der Waals surface area contributed by atoms with Crippen LogP contribution in [-0.4, -0.2) is 36.0 Å². The predicted molar refractivity (Wildman–Crippen MR) is 70.8 cm³/mol. The van der Waals surface area contributed by atoms with Crippen LogP contribution in [0.4, 0.5) is 0 Å². The van der Waals surface area contributed by atoms with Crippen molar-refractivity contribution in [3.05, 3.63) is 22.2 Å². The number of benzene rings is 1. The van der Waals surface area contributed by atoms with Crippen LogP contribution >= 0.6 is 15.9 Å². The maximum Gasteiger partial charge on any atom is 0.231 e. The SMILES string of the molecule is OC[C@H]1CCCN1Cc1cc(Br)c2c(c1)OCO2. The Hall–Kier alpha value is -0.780. The van der Waals surface area contributed by atoms with Gasteiger partial charge in [-0.25, -0.2) is 0 Å². The highest BCUT2D eigenvalue weighted by Gasteiger charge is 2.25. The van der Waals surface area contributed by atoms with Gasteiger partial charge in [-0.2, -0.15) is 0 Å².